The summed E-state index contributed by atoms with van der Waals surface area (Å²) < 4.78 is 13.0. The van der Waals surface area contributed by atoms with Gasteiger partial charge in [0.1, 0.15) is 13.0 Å². The minimum Gasteiger partial charge on any atom is -0.493 e. The predicted molar refractivity (Wildman–Crippen MR) is 145 cm³/mol. The van der Waals surface area contributed by atoms with Crippen LogP contribution in [0.15, 0.2) is 68.6 Å². The van der Waals surface area contributed by atoms with E-state index in [0.29, 0.717) is 43.9 Å². The predicted octanol–water partition coefficient (Wildman–Crippen LogP) is 6.58. The van der Waals surface area contributed by atoms with Crippen LogP contribution in [0.5, 0.6) is 11.5 Å². The zero-order valence-electron chi connectivity index (χ0n) is 18.3. The molecule has 3 aromatic carbocycles. The lowest BCUT2D eigenvalue weighted by atomic mass is 10.2. The molecular formula is C24H19Br2Cl2N3O4. The molecule has 0 aliphatic heterocycles. The lowest BCUT2D eigenvalue weighted by Crippen LogP contribution is -2.24. The zero-order chi connectivity index (χ0) is 25.4. The van der Waals surface area contributed by atoms with Crippen molar-refractivity contribution in [2.75, 3.05) is 12.4 Å². The van der Waals surface area contributed by atoms with Crippen LogP contribution in [0.25, 0.3) is 0 Å². The minimum absolute atomic E-state index is 0.296. The van der Waals surface area contributed by atoms with E-state index in [0.717, 1.165) is 10.0 Å². The SMILES string of the molecule is COc1cc(C=NNC(=O)CC(=O)Nc2ccc(Cl)c(Cl)c2)cc(Br)c1OCc1ccc(Br)cc1. The molecule has 0 aromatic heterocycles. The standard InChI is InChI=1S/C24H19Br2Cl2N3O4/c1-34-21-9-15(8-18(26)24(21)35-13-14-2-4-16(25)5-3-14)12-29-31-23(33)11-22(32)30-17-6-7-19(27)20(28)10-17/h2-10,12H,11,13H2,1H3,(H,30,32)(H,31,33). The molecule has 3 aromatic rings. The summed E-state index contributed by atoms with van der Waals surface area (Å²) in [5, 5.41) is 7.14. The fraction of sp³-hybridized carbons (Fsp3) is 0.125. The van der Waals surface area contributed by atoms with E-state index in [2.05, 4.69) is 47.7 Å². The Morgan fingerprint density at radius 3 is 2.43 bits per heavy atom. The Bertz CT molecular complexity index is 1250. The van der Waals surface area contributed by atoms with Gasteiger partial charge in [-0.2, -0.15) is 5.10 Å². The average molecular weight is 644 g/mol. The van der Waals surface area contributed by atoms with Crippen molar-refractivity contribution in [2.24, 2.45) is 5.10 Å². The van der Waals surface area contributed by atoms with Gasteiger partial charge in [-0.25, -0.2) is 5.43 Å². The number of carbonyl (C=O) groups is 2. The molecule has 0 radical (unpaired) electrons. The molecule has 2 amide bonds. The Hall–Kier alpha value is -2.59. The maximum Gasteiger partial charge on any atom is 0.249 e. The van der Waals surface area contributed by atoms with Crippen molar-refractivity contribution in [1.82, 2.24) is 5.43 Å². The molecule has 182 valence electrons. The highest BCUT2D eigenvalue weighted by Gasteiger charge is 2.13. The molecule has 0 saturated carbocycles. The Morgan fingerprint density at radius 1 is 1.00 bits per heavy atom. The van der Waals surface area contributed by atoms with Crippen LogP contribution in [0, 0.1) is 0 Å². The van der Waals surface area contributed by atoms with Crippen LogP contribution in [0.4, 0.5) is 5.69 Å². The molecule has 0 saturated heterocycles. The third kappa shape index (κ3) is 8.24. The second kappa shape index (κ2) is 12.9. The summed E-state index contributed by atoms with van der Waals surface area (Å²) in [5.74, 6) is -0.0760. The van der Waals surface area contributed by atoms with Crippen LogP contribution in [0.1, 0.15) is 17.5 Å². The number of nitrogens with one attached hydrogen (secondary N) is 2. The minimum atomic E-state index is -0.584. The second-order valence-electron chi connectivity index (χ2n) is 7.10. The fourth-order valence-corrected chi connectivity index (χ4v) is 3.97. The number of hydrogen-bond acceptors (Lipinski definition) is 5. The van der Waals surface area contributed by atoms with E-state index < -0.39 is 18.2 Å². The van der Waals surface area contributed by atoms with Crippen LogP contribution in [0.2, 0.25) is 10.0 Å². The van der Waals surface area contributed by atoms with E-state index in [4.69, 9.17) is 32.7 Å². The smallest absolute Gasteiger partial charge is 0.249 e. The molecule has 0 atom stereocenters. The van der Waals surface area contributed by atoms with Gasteiger partial charge in [-0.05, 0) is 69.5 Å². The second-order valence-corrected chi connectivity index (χ2v) is 9.68. The van der Waals surface area contributed by atoms with Crippen molar-refractivity contribution < 1.29 is 19.1 Å². The Balaban J connectivity index is 1.56. The largest absolute Gasteiger partial charge is 0.493 e. The van der Waals surface area contributed by atoms with E-state index in [9.17, 15) is 9.59 Å². The number of hydrazone groups is 1. The van der Waals surface area contributed by atoms with E-state index >= 15 is 0 Å². The number of benzene rings is 3. The van der Waals surface area contributed by atoms with Gasteiger partial charge in [-0.3, -0.25) is 9.59 Å². The van der Waals surface area contributed by atoms with Crippen molar-refractivity contribution >= 4 is 78.8 Å². The zero-order valence-corrected chi connectivity index (χ0v) is 23.0. The summed E-state index contributed by atoms with van der Waals surface area (Å²) in [7, 11) is 1.53. The highest BCUT2D eigenvalue weighted by atomic mass is 79.9. The Morgan fingerprint density at radius 2 is 1.74 bits per heavy atom. The molecule has 0 aliphatic carbocycles. The summed E-state index contributed by atoms with van der Waals surface area (Å²) in [5.41, 5.74) is 4.40. The van der Waals surface area contributed by atoms with Crippen molar-refractivity contribution in [3.05, 3.63) is 84.7 Å². The number of ether oxygens (including phenoxy) is 2. The molecule has 0 aliphatic rings. The van der Waals surface area contributed by atoms with Crippen LogP contribution >= 0.6 is 55.1 Å². The van der Waals surface area contributed by atoms with Gasteiger partial charge >= 0.3 is 0 Å². The van der Waals surface area contributed by atoms with Gasteiger partial charge in [0.15, 0.2) is 11.5 Å². The third-order valence-corrected chi connectivity index (χ3v) is 6.33. The topological polar surface area (TPSA) is 89.0 Å². The van der Waals surface area contributed by atoms with Crippen molar-refractivity contribution in [3.63, 3.8) is 0 Å². The van der Waals surface area contributed by atoms with Gasteiger partial charge < -0.3 is 14.8 Å². The van der Waals surface area contributed by atoms with E-state index in [1.165, 1.54) is 19.4 Å². The first-order valence-corrected chi connectivity index (χ1v) is 12.4. The molecule has 0 bridgehead atoms. The van der Waals surface area contributed by atoms with Crippen molar-refractivity contribution in [2.45, 2.75) is 13.0 Å². The summed E-state index contributed by atoms with van der Waals surface area (Å²) >= 11 is 18.7. The number of rotatable bonds is 9. The van der Waals surface area contributed by atoms with Crippen LogP contribution in [0.3, 0.4) is 0 Å². The number of methoxy groups -OCH3 is 1. The van der Waals surface area contributed by atoms with Gasteiger partial charge in [0.25, 0.3) is 0 Å². The van der Waals surface area contributed by atoms with Gasteiger partial charge in [-0.1, -0.05) is 51.3 Å². The van der Waals surface area contributed by atoms with E-state index in [-0.39, 0.29) is 0 Å². The van der Waals surface area contributed by atoms with Crippen LogP contribution in [-0.2, 0) is 16.2 Å². The number of anilines is 1. The number of halogens is 4. The molecular weight excluding hydrogens is 625 g/mol. The summed E-state index contributed by atoms with van der Waals surface area (Å²) in [4.78, 5) is 24.1. The van der Waals surface area contributed by atoms with Gasteiger partial charge in [-0.15, -0.1) is 0 Å². The lowest BCUT2D eigenvalue weighted by Gasteiger charge is -2.13. The lowest BCUT2D eigenvalue weighted by molar-refractivity contribution is -0.126. The molecule has 35 heavy (non-hydrogen) atoms. The molecule has 0 heterocycles. The molecule has 2 N–H and O–H groups in total. The van der Waals surface area contributed by atoms with Crippen molar-refractivity contribution in [1.29, 1.82) is 0 Å². The van der Waals surface area contributed by atoms with E-state index in [1.54, 1.807) is 24.3 Å². The normalized spacial score (nSPS) is 10.8. The maximum atomic E-state index is 12.1. The summed E-state index contributed by atoms with van der Waals surface area (Å²) in [6, 6.07) is 15.9. The molecule has 0 fully saturated rings. The highest BCUT2D eigenvalue weighted by molar-refractivity contribution is 9.10. The molecule has 3 rings (SSSR count). The monoisotopic (exact) mass is 641 g/mol. The number of hydrogen-bond donors (Lipinski definition) is 2. The van der Waals surface area contributed by atoms with Crippen LogP contribution < -0.4 is 20.2 Å². The molecule has 11 heteroatoms. The number of amides is 2. The van der Waals surface area contributed by atoms with Crippen LogP contribution in [-0.4, -0.2) is 25.1 Å². The highest BCUT2D eigenvalue weighted by Crippen LogP contribution is 2.37. The average Bonchev–Trinajstić information content (AvgIpc) is 2.81. The third-order valence-electron chi connectivity index (χ3n) is 4.48. The van der Waals surface area contributed by atoms with Gasteiger partial charge in [0, 0.05) is 10.2 Å². The molecule has 0 spiro atoms. The Labute approximate surface area is 229 Å². The number of carbonyl (C=O) groups excluding carboxylic acids is 2. The quantitative estimate of drug-likeness (QED) is 0.157. The van der Waals surface area contributed by atoms with Gasteiger partial charge in [0.2, 0.25) is 11.8 Å². The first-order valence-electron chi connectivity index (χ1n) is 10.1. The summed E-state index contributed by atoms with van der Waals surface area (Å²) in [6.45, 7) is 0.357. The van der Waals surface area contributed by atoms with Gasteiger partial charge in [0.05, 0.1) is 27.8 Å². The molecule has 0 unspecified atom stereocenters. The fourth-order valence-electron chi connectivity index (χ4n) is 2.83. The number of nitrogens with zero attached hydrogens (tertiary/aromatic N) is 1. The summed E-state index contributed by atoms with van der Waals surface area (Å²) in [6.07, 6.45) is 1.01. The van der Waals surface area contributed by atoms with E-state index in [1.807, 2.05) is 24.3 Å². The first kappa shape index (κ1) is 27.0. The maximum absolute atomic E-state index is 12.1. The Kier molecular flexibility index (Phi) is 9.97. The first-order chi connectivity index (χ1) is 16.7. The molecule has 7 nitrogen and oxygen atoms in total. The van der Waals surface area contributed by atoms with Crippen molar-refractivity contribution in [3.8, 4) is 11.5 Å².